The van der Waals surface area contributed by atoms with Crippen LogP contribution in [0.4, 0.5) is 0 Å². The Morgan fingerprint density at radius 1 is 0.397 bits per heavy atom. The summed E-state index contributed by atoms with van der Waals surface area (Å²) < 4.78 is 23.8. The van der Waals surface area contributed by atoms with Crippen LogP contribution in [0.3, 0.4) is 0 Å². The van der Waals surface area contributed by atoms with Gasteiger partial charge in [0.05, 0.1) is 97.9 Å². The van der Waals surface area contributed by atoms with Gasteiger partial charge < -0.3 is 39.4 Å². The number of aromatic nitrogens is 2. The van der Waals surface area contributed by atoms with Crippen LogP contribution in [-0.4, -0.2) is 80.7 Å². The summed E-state index contributed by atoms with van der Waals surface area (Å²) in [5, 5.41) is 38.2. The molecule has 0 saturated heterocycles. The van der Waals surface area contributed by atoms with E-state index in [0.29, 0.717) is 43.7 Å². The monoisotopic (exact) mass is 822 g/mol. The summed E-state index contributed by atoms with van der Waals surface area (Å²) in [5.41, 5.74) is 4.84. The van der Waals surface area contributed by atoms with Gasteiger partial charge in [-0.05, 0) is 107 Å². The molecular formula is C42H34N2O12S2. The van der Waals surface area contributed by atoms with Crippen LogP contribution in [0.25, 0.3) is 41.8 Å². The molecule has 0 unspecified atom stereocenters. The average Bonchev–Trinajstić information content (AvgIpc) is 3.91. The summed E-state index contributed by atoms with van der Waals surface area (Å²) in [5.74, 6) is -4.86. The summed E-state index contributed by atoms with van der Waals surface area (Å²) in [7, 11) is 0. The maximum Gasteiger partial charge on any atom is 0.335 e. The molecule has 0 aliphatic carbocycles. The van der Waals surface area contributed by atoms with E-state index < -0.39 is 23.9 Å². The number of rotatable bonds is 8. The van der Waals surface area contributed by atoms with E-state index in [1.165, 1.54) is 46.9 Å². The highest BCUT2D eigenvalue weighted by Gasteiger charge is 2.17. The van der Waals surface area contributed by atoms with Gasteiger partial charge in [0.15, 0.2) is 0 Å². The number of carbonyl (C=O) groups is 4. The van der Waals surface area contributed by atoms with Crippen molar-refractivity contribution in [2.24, 2.45) is 0 Å². The van der Waals surface area contributed by atoms with Gasteiger partial charge in [-0.15, -0.1) is 22.7 Å². The number of hydrogen-bond donors (Lipinski definition) is 4. The van der Waals surface area contributed by atoms with Gasteiger partial charge in [-0.2, -0.15) is 0 Å². The normalized spacial score (nSPS) is 13.9. The molecule has 0 spiro atoms. The average molecular weight is 823 g/mol. The highest BCUT2D eigenvalue weighted by Crippen LogP contribution is 2.37. The topological polar surface area (TPSA) is 212 Å². The molecule has 2 aromatic carbocycles. The van der Waals surface area contributed by atoms with E-state index in [-0.39, 0.29) is 75.1 Å². The minimum atomic E-state index is -1.22. The molecule has 16 heteroatoms. The van der Waals surface area contributed by atoms with Crippen LogP contribution in [0.15, 0.2) is 84.9 Å². The van der Waals surface area contributed by atoms with Gasteiger partial charge in [0.2, 0.25) is 0 Å². The third-order valence-corrected chi connectivity index (χ3v) is 11.2. The molecule has 6 aromatic rings. The lowest BCUT2D eigenvalue weighted by Crippen LogP contribution is -2.10. The maximum absolute atomic E-state index is 11.7. The van der Waals surface area contributed by atoms with E-state index in [2.05, 4.69) is 0 Å². The van der Waals surface area contributed by atoms with Crippen molar-refractivity contribution in [1.29, 1.82) is 0 Å². The molecule has 4 bridgehead atoms. The Hall–Kier alpha value is -6.14. The zero-order valence-electron chi connectivity index (χ0n) is 30.5. The van der Waals surface area contributed by atoms with Crippen LogP contribution in [-0.2, 0) is 45.4 Å². The molecule has 296 valence electrons. The van der Waals surface area contributed by atoms with E-state index in [1.54, 1.807) is 0 Å². The number of benzene rings is 2. The second-order valence-electron chi connectivity index (χ2n) is 13.0. The molecule has 7 rings (SSSR count). The maximum atomic E-state index is 11.7. The summed E-state index contributed by atoms with van der Waals surface area (Å²) in [6, 6.07) is 23.1. The van der Waals surface area contributed by atoms with Crippen LogP contribution in [0, 0.1) is 0 Å². The number of thiophene rings is 2. The van der Waals surface area contributed by atoms with Crippen molar-refractivity contribution in [1.82, 2.24) is 9.97 Å². The fourth-order valence-electron chi connectivity index (χ4n) is 6.15. The number of carboxylic acid groups (broad SMARTS) is 4. The zero-order valence-corrected chi connectivity index (χ0v) is 32.1. The van der Waals surface area contributed by atoms with Crippen molar-refractivity contribution in [2.75, 3.05) is 26.4 Å². The highest BCUT2D eigenvalue weighted by atomic mass is 32.1. The van der Waals surface area contributed by atoms with E-state index in [0.717, 1.165) is 33.0 Å². The van der Waals surface area contributed by atoms with Crippen LogP contribution < -0.4 is 0 Å². The Morgan fingerprint density at radius 2 is 0.638 bits per heavy atom. The van der Waals surface area contributed by atoms with Gasteiger partial charge in [0.1, 0.15) is 0 Å². The predicted molar refractivity (Wildman–Crippen MR) is 212 cm³/mol. The Kier molecular flexibility index (Phi) is 12.4. The van der Waals surface area contributed by atoms with Crippen molar-refractivity contribution >= 4 is 46.6 Å². The van der Waals surface area contributed by atoms with Gasteiger partial charge in [-0.25, -0.2) is 19.2 Å². The number of pyridine rings is 2. The Bertz CT molecular complexity index is 2240. The number of fused-ring (bicyclic) bond motifs is 4. The molecule has 58 heavy (non-hydrogen) atoms. The molecule has 4 N–H and O–H groups in total. The molecule has 1 aliphatic heterocycles. The number of aromatic carboxylic acids is 4. The first-order valence-electron chi connectivity index (χ1n) is 17.7. The molecule has 1 aliphatic rings. The van der Waals surface area contributed by atoms with Crippen LogP contribution >= 0.6 is 22.7 Å². The molecule has 0 saturated carbocycles. The molecule has 0 amide bonds. The van der Waals surface area contributed by atoms with Crippen molar-refractivity contribution in [3.63, 3.8) is 0 Å². The molecule has 5 heterocycles. The summed E-state index contributed by atoms with van der Waals surface area (Å²) in [6.45, 7) is 1.84. The van der Waals surface area contributed by atoms with E-state index in [9.17, 15) is 39.6 Å². The van der Waals surface area contributed by atoms with Gasteiger partial charge >= 0.3 is 23.9 Å². The zero-order chi connectivity index (χ0) is 40.8. The van der Waals surface area contributed by atoms with Gasteiger partial charge in [0.25, 0.3) is 0 Å². The van der Waals surface area contributed by atoms with Crippen molar-refractivity contribution in [2.45, 2.75) is 26.4 Å². The molecule has 0 atom stereocenters. The number of hydrogen-bond acceptors (Lipinski definition) is 12. The summed E-state index contributed by atoms with van der Waals surface area (Å²) >= 11 is 2.78. The second kappa shape index (κ2) is 18.0. The fraction of sp³-hybridized carbons (Fsp3) is 0.190. The first-order valence-corrected chi connectivity index (χ1v) is 19.4. The standard InChI is InChI=1S/C42H34N2O12S2/c45-39(46)27-9-23(10-28(13-27)40(47)48)35-1-3-37(57-35)25-15-31-19-53-5-7-55-21-33-17-26(18-34(44-33)22-56-8-6-54-20-32(16-25)43-31)38-4-2-36(58-38)24-11-29(41(49)50)14-30(12-24)42(51)52/h1-4,9-18H,5-8,19-22H2,(H,45,46)(H,47,48)(H,49,50)(H,51,52). The van der Waals surface area contributed by atoms with E-state index >= 15 is 0 Å². The fourth-order valence-corrected chi connectivity index (χ4v) is 8.11. The van der Waals surface area contributed by atoms with Gasteiger partial charge in [0, 0.05) is 19.5 Å². The van der Waals surface area contributed by atoms with Crippen molar-refractivity contribution in [3.05, 3.63) is 130 Å². The minimum Gasteiger partial charge on any atom is -0.478 e. The SMILES string of the molecule is O=C(O)c1cc(C(=O)O)cc(-c2ccc(-c3cc4nc(c3)COCCOCc3cc(-c5ccc(-c6cc(C(=O)O)cc(C(=O)O)c6)s5)cc(n3)COCCOC4)s2)c1. The van der Waals surface area contributed by atoms with Gasteiger partial charge in [-0.3, -0.25) is 9.97 Å². The van der Waals surface area contributed by atoms with Crippen LogP contribution in [0.5, 0.6) is 0 Å². The molecule has 4 aromatic heterocycles. The minimum absolute atomic E-state index is 0.114. The summed E-state index contributed by atoms with van der Waals surface area (Å²) in [6.07, 6.45) is 0. The first-order chi connectivity index (χ1) is 28.0. The lowest BCUT2D eigenvalue weighted by molar-refractivity contribution is 0.0267. The van der Waals surface area contributed by atoms with Crippen molar-refractivity contribution in [3.8, 4) is 41.8 Å². The lowest BCUT2D eigenvalue weighted by Gasteiger charge is -2.12. The third-order valence-electron chi connectivity index (χ3n) is 8.81. The second-order valence-corrected chi connectivity index (χ2v) is 15.2. The van der Waals surface area contributed by atoms with Crippen LogP contribution in [0.2, 0.25) is 0 Å². The Morgan fingerprint density at radius 3 is 0.879 bits per heavy atom. The smallest absolute Gasteiger partial charge is 0.335 e. The van der Waals surface area contributed by atoms with E-state index in [4.69, 9.17) is 28.9 Å². The largest absolute Gasteiger partial charge is 0.478 e. The molecule has 0 fully saturated rings. The van der Waals surface area contributed by atoms with E-state index in [1.807, 2.05) is 48.5 Å². The summed E-state index contributed by atoms with van der Waals surface area (Å²) in [4.78, 5) is 59.3. The van der Waals surface area contributed by atoms with Crippen molar-refractivity contribution < 1.29 is 58.6 Å². The Labute approximate surface area is 338 Å². The number of ether oxygens (including phenoxy) is 4. The molecular weight excluding hydrogens is 789 g/mol. The van der Waals surface area contributed by atoms with Crippen LogP contribution in [0.1, 0.15) is 64.2 Å². The third kappa shape index (κ3) is 9.86. The number of nitrogens with zero attached hydrogens (tertiary/aromatic N) is 2. The molecule has 14 nitrogen and oxygen atoms in total. The predicted octanol–water partition coefficient (Wildman–Crippen LogP) is 7.84. The van der Waals surface area contributed by atoms with Gasteiger partial charge in [-0.1, -0.05) is 0 Å². The number of carboxylic acids is 4. The highest BCUT2D eigenvalue weighted by molar-refractivity contribution is 7.19. The Balaban J connectivity index is 1.06. The molecule has 0 radical (unpaired) electrons. The first kappa shape index (κ1) is 40.1. The quantitative estimate of drug-likeness (QED) is 0.115. The lowest BCUT2D eigenvalue weighted by atomic mass is 10.0.